The highest BCUT2D eigenvalue weighted by Crippen LogP contribution is 2.11. The zero-order valence-electron chi connectivity index (χ0n) is 9.47. The van der Waals surface area contributed by atoms with Crippen LogP contribution in [0.15, 0.2) is 24.8 Å². The Labute approximate surface area is 88.5 Å². The van der Waals surface area contributed by atoms with Crippen LogP contribution in [0.5, 0.6) is 0 Å². The predicted octanol–water partition coefficient (Wildman–Crippen LogP) is 3.84. The van der Waals surface area contributed by atoms with Crippen molar-refractivity contribution in [1.82, 2.24) is 0 Å². The van der Waals surface area contributed by atoms with Gasteiger partial charge in [0, 0.05) is 0 Å². The van der Waals surface area contributed by atoms with Crippen molar-refractivity contribution in [3.63, 3.8) is 0 Å². The summed E-state index contributed by atoms with van der Waals surface area (Å²) in [6.07, 6.45) is 9.85. The van der Waals surface area contributed by atoms with Gasteiger partial charge in [0.1, 0.15) is 0 Å². The van der Waals surface area contributed by atoms with E-state index in [1.165, 1.54) is 25.7 Å². The van der Waals surface area contributed by atoms with Gasteiger partial charge in [0.15, 0.2) is 0 Å². The van der Waals surface area contributed by atoms with Crippen molar-refractivity contribution in [3.05, 3.63) is 24.8 Å². The number of unbranched alkanes of at least 4 members (excludes halogenated alkanes) is 5. The SMILES string of the molecule is C=CCCCCCCCC(O)C(=C)C. The van der Waals surface area contributed by atoms with Crippen molar-refractivity contribution < 1.29 is 5.11 Å². The predicted molar refractivity (Wildman–Crippen MR) is 63.3 cm³/mol. The molecule has 0 aromatic carbocycles. The average molecular weight is 196 g/mol. The van der Waals surface area contributed by atoms with Crippen LogP contribution in [0.25, 0.3) is 0 Å². The van der Waals surface area contributed by atoms with Crippen LogP contribution in [0.4, 0.5) is 0 Å². The van der Waals surface area contributed by atoms with Gasteiger partial charge in [0.2, 0.25) is 0 Å². The van der Waals surface area contributed by atoms with Crippen LogP contribution in [-0.4, -0.2) is 11.2 Å². The molecule has 0 aromatic rings. The Morgan fingerprint density at radius 2 is 1.79 bits per heavy atom. The van der Waals surface area contributed by atoms with Crippen LogP contribution in [0.3, 0.4) is 0 Å². The molecule has 0 rings (SSSR count). The quantitative estimate of drug-likeness (QED) is 0.439. The van der Waals surface area contributed by atoms with Gasteiger partial charge in [-0.05, 0) is 26.2 Å². The second-order valence-electron chi connectivity index (χ2n) is 4.00. The summed E-state index contributed by atoms with van der Waals surface area (Å²) in [7, 11) is 0. The van der Waals surface area contributed by atoms with Crippen LogP contribution < -0.4 is 0 Å². The molecule has 82 valence electrons. The Bertz CT molecular complexity index is 161. The molecular formula is C13H24O. The molecule has 0 aromatic heterocycles. The number of hydrogen-bond donors (Lipinski definition) is 1. The smallest absolute Gasteiger partial charge is 0.0744 e. The number of aliphatic hydroxyl groups is 1. The zero-order valence-corrected chi connectivity index (χ0v) is 9.47. The lowest BCUT2D eigenvalue weighted by molar-refractivity contribution is 0.196. The van der Waals surface area contributed by atoms with Gasteiger partial charge in [-0.3, -0.25) is 0 Å². The van der Waals surface area contributed by atoms with Gasteiger partial charge >= 0.3 is 0 Å². The molecule has 0 bridgehead atoms. The summed E-state index contributed by atoms with van der Waals surface area (Å²) >= 11 is 0. The molecule has 0 radical (unpaired) electrons. The molecule has 0 aliphatic heterocycles. The maximum Gasteiger partial charge on any atom is 0.0744 e. The lowest BCUT2D eigenvalue weighted by atomic mass is 10.0. The first kappa shape index (κ1) is 13.4. The number of aliphatic hydroxyl groups excluding tert-OH is 1. The van der Waals surface area contributed by atoms with Gasteiger partial charge < -0.3 is 5.11 Å². The van der Waals surface area contributed by atoms with Gasteiger partial charge in [-0.1, -0.05) is 43.9 Å². The largest absolute Gasteiger partial charge is 0.389 e. The van der Waals surface area contributed by atoms with E-state index in [2.05, 4.69) is 13.2 Å². The van der Waals surface area contributed by atoms with E-state index in [1.54, 1.807) is 0 Å². The normalized spacial score (nSPS) is 12.4. The molecule has 14 heavy (non-hydrogen) atoms. The number of rotatable bonds is 9. The highest BCUT2D eigenvalue weighted by Gasteiger charge is 2.02. The van der Waals surface area contributed by atoms with E-state index >= 15 is 0 Å². The van der Waals surface area contributed by atoms with E-state index < -0.39 is 0 Å². The Balaban J connectivity index is 3.13. The van der Waals surface area contributed by atoms with Gasteiger partial charge in [-0.25, -0.2) is 0 Å². The summed E-state index contributed by atoms with van der Waals surface area (Å²) in [5, 5.41) is 9.45. The van der Waals surface area contributed by atoms with E-state index in [0.29, 0.717) is 0 Å². The first-order valence-electron chi connectivity index (χ1n) is 5.63. The van der Waals surface area contributed by atoms with Crippen molar-refractivity contribution >= 4 is 0 Å². The van der Waals surface area contributed by atoms with Crippen molar-refractivity contribution in [1.29, 1.82) is 0 Å². The molecule has 0 heterocycles. The van der Waals surface area contributed by atoms with E-state index in [9.17, 15) is 5.11 Å². The third-order valence-electron chi connectivity index (χ3n) is 2.45. The van der Waals surface area contributed by atoms with Gasteiger partial charge in [0.25, 0.3) is 0 Å². The molecule has 1 heteroatoms. The number of allylic oxidation sites excluding steroid dienone is 1. The van der Waals surface area contributed by atoms with Crippen LogP contribution in [0.1, 0.15) is 51.9 Å². The maximum atomic E-state index is 9.45. The highest BCUT2D eigenvalue weighted by molar-refractivity contribution is 4.96. The first-order chi connectivity index (χ1) is 6.68. The minimum atomic E-state index is -0.289. The molecule has 0 amide bonds. The van der Waals surface area contributed by atoms with Crippen LogP contribution in [0, 0.1) is 0 Å². The number of hydrogen-bond acceptors (Lipinski definition) is 1. The van der Waals surface area contributed by atoms with Gasteiger partial charge in [-0.2, -0.15) is 0 Å². The third kappa shape index (κ3) is 8.06. The fourth-order valence-corrected chi connectivity index (χ4v) is 1.40. The lowest BCUT2D eigenvalue weighted by Crippen LogP contribution is -2.06. The molecule has 0 saturated carbocycles. The summed E-state index contributed by atoms with van der Waals surface area (Å²) in [4.78, 5) is 0. The van der Waals surface area contributed by atoms with E-state index in [0.717, 1.165) is 24.8 Å². The Hall–Kier alpha value is -0.560. The molecule has 1 atom stereocenters. The topological polar surface area (TPSA) is 20.2 Å². The second-order valence-corrected chi connectivity index (χ2v) is 4.00. The fourth-order valence-electron chi connectivity index (χ4n) is 1.40. The molecule has 1 nitrogen and oxygen atoms in total. The van der Waals surface area contributed by atoms with Gasteiger partial charge in [-0.15, -0.1) is 6.58 Å². The summed E-state index contributed by atoms with van der Waals surface area (Å²) in [6, 6.07) is 0. The van der Waals surface area contributed by atoms with Crippen molar-refractivity contribution in [2.24, 2.45) is 0 Å². The van der Waals surface area contributed by atoms with Crippen molar-refractivity contribution in [3.8, 4) is 0 Å². The second kappa shape index (κ2) is 9.01. The van der Waals surface area contributed by atoms with E-state index in [-0.39, 0.29) is 6.10 Å². The monoisotopic (exact) mass is 196 g/mol. The Morgan fingerprint density at radius 3 is 2.36 bits per heavy atom. The standard InChI is InChI=1S/C13H24O/c1-4-5-6-7-8-9-10-11-13(14)12(2)3/h4,13-14H,1-2,5-11H2,3H3. The molecule has 0 fully saturated rings. The first-order valence-corrected chi connectivity index (χ1v) is 5.63. The third-order valence-corrected chi connectivity index (χ3v) is 2.45. The van der Waals surface area contributed by atoms with Crippen LogP contribution in [0.2, 0.25) is 0 Å². The molecule has 1 unspecified atom stereocenters. The molecular weight excluding hydrogens is 172 g/mol. The molecule has 0 aliphatic rings. The summed E-state index contributed by atoms with van der Waals surface area (Å²) in [5.41, 5.74) is 0.886. The summed E-state index contributed by atoms with van der Waals surface area (Å²) in [6.45, 7) is 9.31. The maximum absolute atomic E-state index is 9.45. The molecule has 0 aliphatic carbocycles. The zero-order chi connectivity index (χ0) is 10.8. The molecule has 1 N–H and O–H groups in total. The van der Waals surface area contributed by atoms with Crippen LogP contribution in [-0.2, 0) is 0 Å². The van der Waals surface area contributed by atoms with Crippen molar-refractivity contribution in [2.75, 3.05) is 0 Å². The van der Waals surface area contributed by atoms with E-state index in [4.69, 9.17) is 0 Å². The van der Waals surface area contributed by atoms with E-state index in [1.807, 2.05) is 13.0 Å². The summed E-state index contributed by atoms with van der Waals surface area (Å²) in [5.74, 6) is 0. The minimum absolute atomic E-state index is 0.289. The Kier molecular flexibility index (Phi) is 8.65. The molecule has 0 spiro atoms. The van der Waals surface area contributed by atoms with Crippen molar-refractivity contribution in [2.45, 2.75) is 58.0 Å². The Morgan fingerprint density at radius 1 is 1.21 bits per heavy atom. The minimum Gasteiger partial charge on any atom is -0.389 e. The lowest BCUT2D eigenvalue weighted by Gasteiger charge is -2.09. The fraction of sp³-hybridized carbons (Fsp3) is 0.692. The van der Waals surface area contributed by atoms with Crippen LogP contribution >= 0.6 is 0 Å². The summed E-state index contributed by atoms with van der Waals surface area (Å²) < 4.78 is 0. The molecule has 0 saturated heterocycles. The van der Waals surface area contributed by atoms with Gasteiger partial charge in [0.05, 0.1) is 6.10 Å². The average Bonchev–Trinajstić information content (AvgIpc) is 2.16. The highest BCUT2D eigenvalue weighted by atomic mass is 16.3.